The summed E-state index contributed by atoms with van der Waals surface area (Å²) in [6.07, 6.45) is 0. The summed E-state index contributed by atoms with van der Waals surface area (Å²) in [6.45, 7) is 0.188. The normalized spacial score (nSPS) is 9.90. The van der Waals surface area contributed by atoms with Crippen LogP contribution in [0.3, 0.4) is 0 Å². The van der Waals surface area contributed by atoms with Gasteiger partial charge in [-0.15, -0.1) is 0 Å². The first-order valence-corrected chi connectivity index (χ1v) is 8.84. The molecule has 7 nitrogen and oxygen atoms in total. The van der Waals surface area contributed by atoms with E-state index in [0.717, 1.165) is 11.1 Å². The minimum Gasteiger partial charge on any atom is -0.497 e. The van der Waals surface area contributed by atoms with Gasteiger partial charge in [0.1, 0.15) is 22.9 Å². The Morgan fingerprint density at radius 3 is 2.59 bits per heavy atom. The van der Waals surface area contributed by atoms with Gasteiger partial charge in [0.15, 0.2) is 0 Å². The van der Waals surface area contributed by atoms with Crippen LogP contribution in [0, 0.1) is 11.8 Å². The number of amides is 1. The van der Waals surface area contributed by atoms with Crippen LogP contribution in [0.25, 0.3) is 11.3 Å². The lowest BCUT2D eigenvalue weighted by molar-refractivity contribution is 0.0953. The first-order valence-electron chi connectivity index (χ1n) is 8.84. The quantitative estimate of drug-likeness (QED) is 0.631. The van der Waals surface area contributed by atoms with E-state index in [1.807, 2.05) is 24.3 Å². The Morgan fingerprint density at radius 2 is 1.83 bits per heavy atom. The molecule has 0 spiro atoms. The Bertz CT molecular complexity index is 1060. The van der Waals surface area contributed by atoms with Gasteiger partial charge >= 0.3 is 0 Å². The number of H-pyrrole nitrogens is 1. The average molecular weight is 391 g/mol. The molecule has 2 N–H and O–H groups in total. The van der Waals surface area contributed by atoms with Gasteiger partial charge in [-0.2, -0.15) is 5.10 Å². The topological polar surface area (TPSA) is 85.5 Å². The van der Waals surface area contributed by atoms with Crippen LogP contribution in [-0.2, 0) is 0 Å². The van der Waals surface area contributed by atoms with E-state index < -0.39 is 0 Å². The molecule has 3 aromatic rings. The van der Waals surface area contributed by atoms with E-state index in [1.165, 1.54) is 0 Å². The third-order valence-electron chi connectivity index (χ3n) is 4.17. The summed E-state index contributed by atoms with van der Waals surface area (Å²) in [7, 11) is 4.75. The molecule has 0 atom stereocenters. The Morgan fingerprint density at radius 1 is 1.03 bits per heavy atom. The van der Waals surface area contributed by atoms with Crippen LogP contribution in [0.4, 0.5) is 0 Å². The fourth-order valence-corrected chi connectivity index (χ4v) is 2.70. The number of ether oxygens (including phenoxy) is 3. The maximum Gasteiger partial charge on any atom is 0.270 e. The Balaban J connectivity index is 1.69. The molecular weight excluding hydrogens is 370 g/mol. The zero-order valence-electron chi connectivity index (χ0n) is 16.4. The van der Waals surface area contributed by atoms with Crippen LogP contribution in [0.15, 0.2) is 48.5 Å². The molecule has 0 aliphatic carbocycles. The Labute approximate surface area is 169 Å². The number of nitrogens with zero attached hydrogens (tertiary/aromatic N) is 1. The molecular formula is C22H21N3O4. The average Bonchev–Trinajstić information content (AvgIpc) is 3.26. The molecule has 0 unspecified atom stereocenters. The highest BCUT2D eigenvalue weighted by molar-refractivity contribution is 5.93. The van der Waals surface area contributed by atoms with Gasteiger partial charge in [-0.1, -0.05) is 24.0 Å². The van der Waals surface area contributed by atoms with Crippen molar-refractivity contribution in [2.75, 3.05) is 27.9 Å². The SMILES string of the molecule is COc1ccc(OC)c(-c2cc(C(=O)NCC#Cc3ccccc3OC)[nH]n2)c1. The lowest BCUT2D eigenvalue weighted by atomic mass is 10.1. The van der Waals surface area contributed by atoms with E-state index in [2.05, 4.69) is 27.4 Å². The zero-order valence-corrected chi connectivity index (χ0v) is 16.4. The number of carbonyl (C=O) groups is 1. The highest BCUT2D eigenvalue weighted by atomic mass is 16.5. The summed E-state index contributed by atoms with van der Waals surface area (Å²) in [5, 5.41) is 9.70. The van der Waals surface area contributed by atoms with Gasteiger partial charge in [0.25, 0.3) is 5.91 Å². The first kappa shape index (κ1) is 19.8. The Kier molecular flexibility index (Phi) is 6.38. The molecule has 0 radical (unpaired) electrons. The predicted molar refractivity (Wildman–Crippen MR) is 109 cm³/mol. The van der Waals surface area contributed by atoms with Crippen molar-refractivity contribution >= 4 is 5.91 Å². The number of nitrogens with one attached hydrogen (secondary N) is 2. The molecule has 1 aromatic heterocycles. The molecule has 3 rings (SSSR count). The fraction of sp³-hybridized carbons (Fsp3) is 0.182. The van der Waals surface area contributed by atoms with Gasteiger partial charge in [0.05, 0.1) is 39.1 Å². The number of hydrogen-bond donors (Lipinski definition) is 2. The third kappa shape index (κ3) is 4.68. The number of aromatic nitrogens is 2. The van der Waals surface area contributed by atoms with Crippen LogP contribution in [0.5, 0.6) is 17.2 Å². The van der Waals surface area contributed by atoms with Crippen molar-refractivity contribution in [1.82, 2.24) is 15.5 Å². The standard InChI is InChI=1S/C22H21N3O4/c1-27-16-10-11-21(29-3)17(13-16)18-14-19(25-24-18)22(26)23-12-6-8-15-7-4-5-9-20(15)28-2/h4-5,7,9-11,13-14H,12H2,1-3H3,(H,23,26)(H,24,25). The lowest BCUT2D eigenvalue weighted by Crippen LogP contribution is -2.23. The number of methoxy groups -OCH3 is 3. The molecule has 29 heavy (non-hydrogen) atoms. The van der Waals surface area contributed by atoms with Crippen LogP contribution in [-0.4, -0.2) is 44.0 Å². The van der Waals surface area contributed by atoms with Crippen molar-refractivity contribution < 1.29 is 19.0 Å². The summed E-state index contributed by atoms with van der Waals surface area (Å²) in [5.41, 5.74) is 2.38. The summed E-state index contributed by atoms with van der Waals surface area (Å²) >= 11 is 0. The van der Waals surface area contributed by atoms with Crippen LogP contribution in [0.1, 0.15) is 16.1 Å². The molecule has 0 fully saturated rings. The summed E-state index contributed by atoms with van der Waals surface area (Å²) < 4.78 is 15.9. The van der Waals surface area contributed by atoms with Crippen LogP contribution in [0.2, 0.25) is 0 Å². The van der Waals surface area contributed by atoms with Gasteiger partial charge in [-0.25, -0.2) is 0 Å². The van der Waals surface area contributed by atoms with Gasteiger partial charge in [-0.3, -0.25) is 9.89 Å². The van der Waals surface area contributed by atoms with Gasteiger partial charge in [0.2, 0.25) is 0 Å². The zero-order chi connectivity index (χ0) is 20.6. The molecule has 1 heterocycles. The summed E-state index contributed by atoms with van der Waals surface area (Å²) in [5.74, 6) is 7.59. The largest absolute Gasteiger partial charge is 0.497 e. The van der Waals surface area contributed by atoms with Gasteiger partial charge in [-0.05, 0) is 36.4 Å². The second-order valence-corrected chi connectivity index (χ2v) is 5.92. The van der Waals surface area contributed by atoms with Crippen molar-refractivity contribution in [2.24, 2.45) is 0 Å². The molecule has 148 valence electrons. The predicted octanol–water partition coefficient (Wildman–Crippen LogP) is 2.88. The van der Waals surface area contributed by atoms with Crippen LogP contribution >= 0.6 is 0 Å². The molecule has 0 aliphatic heterocycles. The van der Waals surface area contributed by atoms with Gasteiger partial charge < -0.3 is 19.5 Å². The maximum absolute atomic E-state index is 12.4. The van der Waals surface area contributed by atoms with E-state index in [-0.39, 0.29) is 12.5 Å². The first-order chi connectivity index (χ1) is 14.2. The highest BCUT2D eigenvalue weighted by Crippen LogP contribution is 2.32. The van der Waals surface area contributed by atoms with Gasteiger partial charge in [0, 0.05) is 5.56 Å². The van der Waals surface area contributed by atoms with E-state index in [9.17, 15) is 4.79 Å². The van der Waals surface area contributed by atoms with Crippen LogP contribution < -0.4 is 19.5 Å². The minimum absolute atomic E-state index is 0.188. The third-order valence-corrected chi connectivity index (χ3v) is 4.17. The molecule has 0 saturated heterocycles. The smallest absolute Gasteiger partial charge is 0.270 e. The van der Waals surface area contributed by atoms with Crippen molar-refractivity contribution in [2.45, 2.75) is 0 Å². The second kappa shape index (κ2) is 9.33. The van der Waals surface area contributed by atoms with Crippen molar-refractivity contribution in [3.05, 3.63) is 59.8 Å². The van der Waals surface area contributed by atoms with Crippen molar-refractivity contribution in [3.63, 3.8) is 0 Å². The minimum atomic E-state index is -0.306. The number of rotatable bonds is 6. The summed E-state index contributed by atoms with van der Waals surface area (Å²) in [4.78, 5) is 12.4. The van der Waals surface area contributed by atoms with E-state index in [0.29, 0.717) is 28.6 Å². The van der Waals surface area contributed by atoms with Crippen molar-refractivity contribution in [1.29, 1.82) is 0 Å². The van der Waals surface area contributed by atoms with E-state index in [4.69, 9.17) is 14.2 Å². The second-order valence-electron chi connectivity index (χ2n) is 5.92. The van der Waals surface area contributed by atoms with Crippen molar-refractivity contribution in [3.8, 4) is 40.3 Å². The van der Waals surface area contributed by atoms with E-state index in [1.54, 1.807) is 45.6 Å². The number of hydrogen-bond acceptors (Lipinski definition) is 5. The molecule has 0 bridgehead atoms. The molecule has 1 amide bonds. The number of carbonyl (C=O) groups excluding carboxylic acids is 1. The highest BCUT2D eigenvalue weighted by Gasteiger charge is 2.14. The molecule has 0 aliphatic rings. The number of benzene rings is 2. The Hall–Kier alpha value is -3.92. The van der Waals surface area contributed by atoms with E-state index >= 15 is 0 Å². The molecule has 7 heteroatoms. The number of para-hydroxylation sites is 1. The monoisotopic (exact) mass is 391 g/mol. The fourth-order valence-electron chi connectivity index (χ4n) is 2.70. The summed E-state index contributed by atoms with van der Waals surface area (Å²) in [6, 6.07) is 14.5. The maximum atomic E-state index is 12.4. The number of aromatic amines is 1. The molecule has 0 saturated carbocycles. The lowest BCUT2D eigenvalue weighted by Gasteiger charge is -2.08. The molecule has 2 aromatic carbocycles.